The molecule has 21 heavy (non-hydrogen) atoms. The Labute approximate surface area is 122 Å². The highest BCUT2D eigenvalue weighted by molar-refractivity contribution is 5.94. The third-order valence-electron chi connectivity index (χ3n) is 2.83. The first kappa shape index (κ1) is 14.6. The number of anilines is 1. The van der Waals surface area contributed by atoms with E-state index in [1.807, 2.05) is 25.1 Å². The van der Waals surface area contributed by atoms with Gasteiger partial charge in [0.05, 0.1) is 5.97 Å². The van der Waals surface area contributed by atoms with Gasteiger partial charge < -0.3 is 20.0 Å². The molecule has 0 aliphatic carbocycles. The van der Waals surface area contributed by atoms with Crippen molar-refractivity contribution in [2.75, 3.05) is 11.9 Å². The molecule has 0 bridgehead atoms. The van der Waals surface area contributed by atoms with Gasteiger partial charge in [-0.15, -0.1) is 0 Å². The number of carboxylic acid groups (broad SMARTS) is 1. The van der Waals surface area contributed by atoms with Gasteiger partial charge in [-0.1, -0.05) is 30.3 Å². The Morgan fingerprint density at radius 3 is 2.62 bits per heavy atom. The summed E-state index contributed by atoms with van der Waals surface area (Å²) in [6.45, 7) is 1.73. The summed E-state index contributed by atoms with van der Waals surface area (Å²) in [5.74, 6) is -1.02. The Kier molecular flexibility index (Phi) is 4.56. The number of nitrogens with one attached hydrogen (secondary N) is 1. The van der Waals surface area contributed by atoms with Crippen LogP contribution < -0.4 is 15.2 Å². The van der Waals surface area contributed by atoms with Crippen molar-refractivity contribution in [3.63, 3.8) is 0 Å². The van der Waals surface area contributed by atoms with Crippen molar-refractivity contribution in [1.29, 1.82) is 0 Å². The molecule has 0 atom stereocenters. The average molecular weight is 284 g/mol. The van der Waals surface area contributed by atoms with Gasteiger partial charge in [-0.05, 0) is 36.2 Å². The van der Waals surface area contributed by atoms with Crippen molar-refractivity contribution in [3.8, 4) is 5.75 Å². The second-order valence-electron chi connectivity index (χ2n) is 4.47. The van der Waals surface area contributed by atoms with Gasteiger partial charge >= 0.3 is 0 Å². The van der Waals surface area contributed by atoms with Gasteiger partial charge in [0.1, 0.15) is 5.75 Å². The van der Waals surface area contributed by atoms with E-state index >= 15 is 0 Å². The number of carboxylic acids is 1. The van der Waals surface area contributed by atoms with Gasteiger partial charge in [-0.25, -0.2) is 0 Å². The predicted octanol–water partition coefficient (Wildman–Crippen LogP) is 1.38. The smallest absolute Gasteiger partial charge is 0.262 e. The molecule has 5 nitrogen and oxygen atoms in total. The minimum atomic E-state index is -1.29. The number of aryl methyl sites for hydroxylation is 1. The number of ether oxygens (including phenoxy) is 1. The van der Waals surface area contributed by atoms with Crippen molar-refractivity contribution in [2.45, 2.75) is 6.92 Å². The normalized spacial score (nSPS) is 9.95. The van der Waals surface area contributed by atoms with E-state index in [1.165, 1.54) is 18.2 Å². The molecule has 0 aliphatic heterocycles. The van der Waals surface area contributed by atoms with Gasteiger partial charge in [-0.2, -0.15) is 0 Å². The lowest BCUT2D eigenvalue weighted by atomic mass is 10.2. The SMILES string of the molecule is Cc1ccccc1OCC(=O)Nc1cccc(C(=O)[O-])c1. The minimum Gasteiger partial charge on any atom is -0.545 e. The van der Waals surface area contributed by atoms with Crippen LogP contribution in [0.5, 0.6) is 5.75 Å². The molecule has 0 aromatic heterocycles. The van der Waals surface area contributed by atoms with Crippen LogP contribution in [0.25, 0.3) is 0 Å². The predicted molar refractivity (Wildman–Crippen MR) is 76.1 cm³/mol. The van der Waals surface area contributed by atoms with E-state index < -0.39 is 5.97 Å². The Balaban J connectivity index is 1.95. The van der Waals surface area contributed by atoms with Crippen LogP contribution in [0.1, 0.15) is 15.9 Å². The molecular weight excluding hydrogens is 270 g/mol. The summed E-state index contributed by atoms with van der Waals surface area (Å²) in [6, 6.07) is 13.2. The molecule has 0 saturated carbocycles. The number of carbonyl (C=O) groups excluding carboxylic acids is 2. The lowest BCUT2D eigenvalue weighted by Gasteiger charge is -2.10. The monoisotopic (exact) mass is 284 g/mol. The number of benzene rings is 2. The number of hydrogen-bond acceptors (Lipinski definition) is 4. The Morgan fingerprint density at radius 2 is 1.90 bits per heavy atom. The van der Waals surface area contributed by atoms with E-state index in [0.717, 1.165) is 5.56 Å². The van der Waals surface area contributed by atoms with Crippen LogP contribution in [0.3, 0.4) is 0 Å². The van der Waals surface area contributed by atoms with Crippen molar-refractivity contribution in [3.05, 3.63) is 59.7 Å². The number of para-hydroxylation sites is 1. The van der Waals surface area contributed by atoms with Crippen LogP contribution in [0.4, 0.5) is 5.69 Å². The maximum Gasteiger partial charge on any atom is 0.262 e. The highest BCUT2D eigenvalue weighted by atomic mass is 16.5. The summed E-state index contributed by atoms with van der Waals surface area (Å²) >= 11 is 0. The second-order valence-corrected chi connectivity index (χ2v) is 4.47. The zero-order valence-electron chi connectivity index (χ0n) is 11.5. The molecule has 108 valence electrons. The first-order chi connectivity index (χ1) is 10.1. The minimum absolute atomic E-state index is 0.00706. The number of amides is 1. The summed E-state index contributed by atoms with van der Waals surface area (Å²) < 4.78 is 5.41. The number of hydrogen-bond donors (Lipinski definition) is 1. The van der Waals surface area contributed by atoms with Gasteiger partial charge in [0.15, 0.2) is 6.61 Å². The Bertz CT molecular complexity index is 667. The van der Waals surface area contributed by atoms with Crippen molar-refractivity contribution < 1.29 is 19.4 Å². The molecule has 0 spiro atoms. The van der Waals surface area contributed by atoms with E-state index in [0.29, 0.717) is 11.4 Å². The standard InChI is InChI=1S/C16H15NO4/c1-11-5-2-3-8-14(11)21-10-15(18)17-13-7-4-6-12(9-13)16(19)20/h2-9H,10H2,1H3,(H,17,18)(H,19,20)/p-1. The lowest BCUT2D eigenvalue weighted by Crippen LogP contribution is -2.23. The molecule has 0 aliphatic rings. The average Bonchev–Trinajstić information content (AvgIpc) is 2.46. The quantitative estimate of drug-likeness (QED) is 0.899. The zero-order valence-corrected chi connectivity index (χ0v) is 11.5. The van der Waals surface area contributed by atoms with Crippen molar-refractivity contribution in [1.82, 2.24) is 0 Å². The van der Waals surface area contributed by atoms with Gasteiger partial charge in [-0.3, -0.25) is 4.79 Å². The number of carbonyl (C=O) groups is 2. The third-order valence-corrected chi connectivity index (χ3v) is 2.83. The molecule has 0 radical (unpaired) electrons. The lowest BCUT2D eigenvalue weighted by molar-refractivity contribution is -0.255. The summed E-state index contributed by atoms with van der Waals surface area (Å²) in [4.78, 5) is 22.5. The van der Waals surface area contributed by atoms with Gasteiger partial charge in [0.25, 0.3) is 5.91 Å². The molecule has 5 heteroatoms. The fourth-order valence-corrected chi connectivity index (χ4v) is 1.78. The van der Waals surface area contributed by atoms with Crippen LogP contribution in [0.2, 0.25) is 0 Å². The van der Waals surface area contributed by atoms with Gasteiger partial charge in [0, 0.05) is 5.69 Å². The molecule has 2 aromatic rings. The third kappa shape index (κ3) is 4.07. The van der Waals surface area contributed by atoms with Crippen LogP contribution in [-0.2, 0) is 4.79 Å². The van der Waals surface area contributed by atoms with E-state index in [1.54, 1.807) is 12.1 Å². The van der Waals surface area contributed by atoms with E-state index in [4.69, 9.17) is 4.74 Å². The zero-order chi connectivity index (χ0) is 15.2. The maximum absolute atomic E-state index is 11.8. The molecule has 0 fully saturated rings. The topological polar surface area (TPSA) is 78.5 Å². The van der Waals surface area contributed by atoms with Crippen LogP contribution in [0.15, 0.2) is 48.5 Å². The summed E-state index contributed by atoms with van der Waals surface area (Å²) in [6.07, 6.45) is 0. The highest BCUT2D eigenvalue weighted by Crippen LogP contribution is 2.16. The Hall–Kier alpha value is -2.82. The van der Waals surface area contributed by atoms with Crippen molar-refractivity contribution in [2.24, 2.45) is 0 Å². The first-order valence-corrected chi connectivity index (χ1v) is 6.36. The molecule has 2 rings (SSSR count). The number of rotatable bonds is 5. The van der Waals surface area contributed by atoms with Crippen LogP contribution >= 0.6 is 0 Å². The molecule has 1 amide bonds. The second kappa shape index (κ2) is 6.56. The van der Waals surface area contributed by atoms with Gasteiger partial charge in [0.2, 0.25) is 0 Å². The van der Waals surface area contributed by atoms with E-state index in [9.17, 15) is 14.7 Å². The molecule has 0 unspecified atom stereocenters. The van der Waals surface area contributed by atoms with Crippen LogP contribution in [0, 0.1) is 6.92 Å². The molecule has 2 aromatic carbocycles. The van der Waals surface area contributed by atoms with Crippen molar-refractivity contribution >= 4 is 17.6 Å². The molecule has 0 heterocycles. The van der Waals surface area contributed by atoms with Crippen LogP contribution in [-0.4, -0.2) is 18.5 Å². The highest BCUT2D eigenvalue weighted by Gasteiger charge is 2.05. The summed E-state index contributed by atoms with van der Waals surface area (Å²) in [5.41, 5.74) is 1.33. The van der Waals surface area contributed by atoms with E-state index in [-0.39, 0.29) is 18.1 Å². The first-order valence-electron chi connectivity index (χ1n) is 6.36. The molecular formula is C16H14NO4-. The summed E-state index contributed by atoms with van der Waals surface area (Å²) in [5, 5.41) is 13.3. The molecule has 1 N–H and O–H groups in total. The Morgan fingerprint density at radius 1 is 1.14 bits per heavy atom. The summed E-state index contributed by atoms with van der Waals surface area (Å²) in [7, 11) is 0. The molecule has 0 saturated heterocycles. The fourth-order valence-electron chi connectivity index (χ4n) is 1.78. The fraction of sp³-hybridized carbons (Fsp3) is 0.125. The maximum atomic E-state index is 11.8. The van der Waals surface area contributed by atoms with E-state index in [2.05, 4.69) is 5.32 Å². The number of aromatic carboxylic acids is 1. The largest absolute Gasteiger partial charge is 0.545 e.